The normalized spacial score (nSPS) is 10.4. The molecule has 0 spiro atoms. The van der Waals surface area contributed by atoms with Crippen molar-refractivity contribution >= 4 is 23.2 Å². The maximum Gasteiger partial charge on any atom is 0.229 e. The SMILES string of the molecule is COc1ccc(CC(=O)Nc2cc(Cl)ccc2Oc2ccc(C)cc2)c(OC)c1OC. The average Bonchev–Trinajstić information content (AvgIpc) is 2.76. The van der Waals surface area contributed by atoms with Crippen molar-refractivity contribution in [1.29, 1.82) is 0 Å². The Bertz CT molecular complexity index is 1070. The first kappa shape index (κ1) is 22.3. The van der Waals surface area contributed by atoms with Crippen LogP contribution < -0.4 is 24.3 Å². The molecule has 7 heteroatoms. The highest BCUT2D eigenvalue weighted by atomic mass is 35.5. The highest BCUT2D eigenvalue weighted by Gasteiger charge is 2.19. The largest absolute Gasteiger partial charge is 0.493 e. The number of anilines is 1. The van der Waals surface area contributed by atoms with Crippen LogP contribution in [0.2, 0.25) is 5.02 Å². The van der Waals surface area contributed by atoms with Gasteiger partial charge < -0.3 is 24.3 Å². The van der Waals surface area contributed by atoms with E-state index in [-0.39, 0.29) is 12.3 Å². The predicted octanol–water partition coefficient (Wildman–Crippen LogP) is 5.65. The number of rotatable bonds is 8. The van der Waals surface area contributed by atoms with Gasteiger partial charge in [0.15, 0.2) is 17.2 Å². The van der Waals surface area contributed by atoms with Crippen molar-refractivity contribution in [2.45, 2.75) is 13.3 Å². The van der Waals surface area contributed by atoms with Crippen LogP contribution in [0.1, 0.15) is 11.1 Å². The molecule has 0 radical (unpaired) electrons. The summed E-state index contributed by atoms with van der Waals surface area (Å²) in [4.78, 5) is 12.8. The smallest absolute Gasteiger partial charge is 0.229 e. The average molecular weight is 442 g/mol. The molecule has 3 aromatic carbocycles. The van der Waals surface area contributed by atoms with E-state index >= 15 is 0 Å². The van der Waals surface area contributed by atoms with Crippen LogP contribution >= 0.6 is 11.6 Å². The van der Waals surface area contributed by atoms with E-state index in [1.165, 1.54) is 14.2 Å². The molecular weight excluding hydrogens is 418 g/mol. The minimum atomic E-state index is -0.262. The Morgan fingerprint density at radius 3 is 2.19 bits per heavy atom. The van der Waals surface area contributed by atoms with Crippen molar-refractivity contribution in [2.75, 3.05) is 26.6 Å². The molecule has 0 aliphatic heterocycles. The van der Waals surface area contributed by atoms with E-state index in [0.29, 0.717) is 45.0 Å². The van der Waals surface area contributed by atoms with E-state index in [2.05, 4.69) is 5.32 Å². The van der Waals surface area contributed by atoms with Gasteiger partial charge in [-0.25, -0.2) is 0 Å². The van der Waals surface area contributed by atoms with Gasteiger partial charge in [-0.15, -0.1) is 0 Å². The molecule has 0 aliphatic carbocycles. The molecule has 0 aromatic heterocycles. The number of halogens is 1. The summed E-state index contributed by atoms with van der Waals surface area (Å²) in [5, 5.41) is 3.35. The Hall–Kier alpha value is -3.38. The number of aryl methyl sites for hydroxylation is 1. The summed E-state index contributed by atoms with van der Waals surface area (Å²) in [6, 6.07) is 16.2. The number of carbonyl (C=O) groups excluding carboxylic acids is 1. The second kappa shape index (κ2) is 10.1. The third kappa shape index (κ3) is 5.41. The number of hydrogen-bond acceptors (Lipinski definition) is 5. The molecule has 1 N–H and O–H groups in total. The molecule has 3 rings (SSSR count). The number of nitrogens with one attached hydrogen (secondary N) is 1. The maximum absolute atomic E-state index is 12.8. The molecule has 0 bridgehead atoms. The monoisotopic (exact) mass is 441 g/mol. The zero-order valence-electron chi connectivity index (χ0n) is 17.8. The van der Waals surface area contributed by atoms with Crippen LogP contribution in [-0.2, 0) is 11.2 Å². The lowest BCUT2D eigenvalue weighted by atomic mass is 10.1. The van der Waals surface area contributed by atoms with Gasteiger partial charge >= 0.3 is 0 Å². The summed E-state index contributed by atoms with van der Waals surface area (Å²) in [6.07, 6.45) is 0.0556. The van der Waals surface area contributed by atoms with Crippen molar-refractivity contribution < 1.29 is 23.7 Å². The predicted molar refractivity (Wildman–Crippen MR) is 121 cm³/mol. The van der Waals surface area contributed by atoms with Gasteiger partial charge in [-0.2, -0.15) is 0 Å². The van der Waals surface area contributed by atoms with Crippen molar-refractivity contribution in [1.82, 2.24) is 0 Å². The number of amides is 1. The van der Waals surface area contributed by atoms with Crippen LogP contribution in [0.5, 0.6) is 28.7 Å². The van der Waals surface area contributed by atoms with Gasteiger partial charge in [-0.3, -0.25) is 4.79 Å². The second-order valence-corrected chi connectivity index (χ2v) is 7.21. The summed E-state index contributed by atoms with van der Waals surface area (Å²) in [5.41, 5.74) is 2.25. The van der Waals surface area contributed by atoms with Gasteiger partial charge in [0.25, 0.3) is 0 Å². The molecule has 3 aromatic rings. The first-order valence-electron chi connectivity index (χ1n) is 9.57. The zero-order valence-corrected chi connectivity index (χ0v) is 18.6. The van der Waals surface area contributed by atoms with Crippen LogP contribution in [0, 0.1) is 6.92 Å². The maximum atomic E-state index is 12.8. The summed E-state index contributed by atoms with van der Waals surface area (Å²) in [7, 11) is 4.58. The highest BCUT2D eigenvalue weighted by Crippen LogP contribution is 2.40. The fourth-order valence-corrected chi connectivity index (χ4v) is 3.26. The van der Waals surface area contributed by atoms with E-state index in [1.54, 1.807) is 37.4 Å². The van der Waals surface area contributed by atoms with Crippen molar-refractivity contribution in [3.63, 3.8) is 0 Å². The summed E-state index contributed by atoms with van der Waals surface area (Å²) >= 11 is 6.15. The summed E-state index contributed by atoms with van der Waals surface area (Å²) < 4.78 is 22.1. The minimum Gasteiger partial charge on any atom is -0.493 e. The van der Waals surface area contributed by atoms with Gasteiger partial charge in [0.2, 0.25) is 11.7 Å². The van der Waals surface area contributed by atoms with Gasteiger partial charge in [0, 0.05) is 10.6 Å². The van der Waals surface area contributed by atoms with E-state index in [0.717, 1.165) is 5.56 Å². The number of benzene rings is 3. The molecule has 6 nitrogen and oxygen atoms in total. The standard InChI is InChI=1S/C24H24ClNO5/c1-15-5-9-18(10-6-15)31-20-12-8-17(25)14-19(20)26-22(27)13-16-7-11-21(28-2)24(30-4)23(16)29-3/h5-12,14H,13H2,1-4H3,(H,26,27). The van der Waals surface area contributed by atoms with Crippen LogP contribution in [0.15, 0.2) is 54.6 Å². The Morgan fingerprint density at radius 1 is 0.871 bits per heavy atom. The minimum absolute atomic E-state index is 0.0556. The third-order valence-corrected chi connectivity index (χ3v) is 4.84. The van der Waals surface area contributed by atoms with Crippen molar-refractivity contribution in [3.05, 3.63) is 70.7 Å². The third-order valence-electron chi connectivity index (χ3n) is 4.60. The molecule has 0 atom stereocenters. The Labute approximate surface area is 186 Å². The molecule has 0 heterocycles. The number of hydrogen-bond donors (Lipinski definition) is 1. The zero-order chi connectivity index (χ0) is 22.4. The van der Waals surface area contributed by atoms with E-state index in [9.17, 15) is 4.79 Å². The topological polar surface area (TPSA) is 66.0 Å². The highest BCUT2D eigenvalue weighted by molar-refractivity contribution is 6.31. The fourth-order valence-electron chi connectivity index (χ4n) is 3.09. The van der Waals surface area contributed by atoms with Gasteiger partial charge in [0.05, 0.1) is 33.4 Å². The van der Waals surface area contributed by atoms with Crippen LogP contribution in [0.4, 0.5) is 5.69 Å². The van der Waals surface area contributed by atoms with Gasteiger partial charge in [-0.05, 0) is 43.3 Å². The van der Waals surface area contributed by atoms with Crippen molar-refractivity contribution in [2.24, 2.45) is 0 Å². The molecule has 0 aliphatic rings. The molecule has 0 saturated carbocycles. The van der Waals surface area contributed by atoms with E-state index in [1.807, 2.05) is 31.2 Å². The molecule has 0 saturated heterocycles. The molecule has 31 heavy (non-hydrogen) atoms. The quantitative estimate of drug-likeness (QED) is 0.489. The number of carbonyl (C=O) groups is 1. The van der Waals surface area contributed by atoms with Crippen LogP contribution in [-0.4, -0.2) is 27.2 Å². The van der Waals surface area contributed by atoms with Gasteiger partial charge in [0.1, 0.15) is 5.75 Å². The van der Waals surface area contributed by atoms with Crippen LogP contribution in [0.3, 0.4) is 0 Å². The summed E-state index contributed by atoms with van der Waals surface area (Å²) in [6.45, 7) is 2.00. The lowest BCUT2D eigenvalue weighted by Gasteiger charge is -2.16. The lowest BCUT2D eigenvalue weighted by Crippen LogP contribution is -2.15. The Morgan fingerprint density at radius 2 is 1.55 bits per heavy atom. The second-order valence-electron chi connectivity index (χ2n) is 6.77. The molecule has 0 fully saturated rings. The molecule has 162 valence electrons. The molecule has 1 amide bonds. The lowest BCUT2D eigenvalue weighted by molar-refractivity contribution is -0.115. The first-order valence-corrected chi connectivity index (χ1v) is 9.94. The van der Waals surface area contributed by atoms with E-state index < -0.39 is 0 Å². The van der Waals surface area contributed by atoms with Crippen molar-refractivity contribution in [3.8, 4) is 28.7 Å². The summed E-state index contributed by atoms with van der Waals surface area (Å²) in [5.74, 6) is 2.28. The number of methoxy groups -OCH3 is 3. The molecular formula is C24H24ClNO5. The molecule has 0 unspecified atom stereocenters. The number of ether oxygens (including phenoxy) is 4. The van der Waals surface area contributed by atoms with Crippen LogP contribution in [0.25, 0.3) is 0 Å². The Balaban J connectivity index is 1.82. The Kier molecular flexibility index (Phi) is 7.26. The fraction of sp³-hybridized carbons (Fsp3) is 0.208. The van der Waals surface area contributed by atoms with E-state index in [4.69, 9.17) is 30.5 Å². The first-order chi connectivity index (χ1) is 14.9. The van der Waals surface area contributed by atoms with Gasteiger partial charge in [-0.1, -0.05) is 35.4 Å².